The minimum absolute atomic E-state index is 0.308. The van der Waals surface area contributed by atoms with Gasteiger partial charge in [-0.2, -0.15) is 0 Å². The van der Waals surface area contributed by atoms with Gasteiger partial charge in [-0.1, -0.05) is 12.1 Å². The van der Waals surface area contributed by atoms with E-state index in [1.807, 2.05) is 0 Å². The number of aromatic nitrogens is 1. The molecule has 0 spiro atoms. The van der Waals surface area contributed by atoms with E-state index in [1.54, 1.807) is 42.5 Å². The van der Waals surface area contributed by atoms with Crippen molar-refractivity contribution in [2.45, 2.75) is 13.0 Å². The molecule has 0 N–H and O–H groups in total. The third-order valence-corrected chi connectivity index (χ3v) is 4.24. The third kappa shape index (κ3) is 2.99. The second-order valence-corrected chi connectivity index (χ2v) is 5.93. The number of fused-ring (bicyclic) bond motifs is 2. The summed E-state index contributed by atoms with van der Waals surface area (Å²) in [5, 5.41) is 0. The zero-order chi connectivity index (χ0) is 18.1. The molecule has 0 radical (unpaired) electrons. The van der Waals surface area contributed by atoms with Crippen LogP contribution in [0.3, 0.4) is 0 Å². The van der Waals surface area contributed by atoms with E-state index in [-0.39, 0.29) is 18.9 Å². The molecule has 0 unspecified atom stereocenters. The van der Waals surface area contributed by atoms with Crippen LogP contribution in [0.1, 0.15) is 15.9 Å². The summed E-state index contributed by atoms with van der Waals surface area (Å²) in [6, 6.07) is 11.9. The Hall–Kier alpha value is -3.35. The molecule has 0 bridgehead atoms. The van der Waals surface area contributed by atoms with Gasteiger partial charge in [-0.25, -0.2) is 4.79 Å². The molecule has 0 atom stereocenters. The van der Waals surface area contributed by atoms with E-state index in [4.69, 9.17) is 13.9 Å². The second kappa shape index (κ2) is 6.51. The normalized spacial score (nSPS) is 12.6. The number of hydrogen-bond donors (Lipinski definition) is 0. The van der Waals surface area contributed by atoms with Gasteiger partial charge >= 0.3 is 11.7 Å². The standard InChI is InChI=1S/C19H15NO6/c21-15(12-5-6-16-13(9-12)7-8-24-16)11-25-18(22)10-20-14-3-1-2-4-17(14)26-19(20)23/h1-6,9H,7-8,10-11H2. The fourth-order valence-corrected chi connectivity index (χ4v) is 2.93. The van der Waals surface area contributed by atoms with Gasteiger partial charge in [0, 0.05) is 12.0 Å². The van der Waals surface area contributed by atoms with Crippen molar-refractivity contribution in [3.8, 4) is 5.75 Å². The van der Waals surface area contributed by atoms with Crippen molar-refractivity contribution in [3.63, 3.8) is 0 Å². The second-order valence-electron chi connectivity index (χ2n) is 5.93. The Labute approximate surface area is 147 Å². The quantitative estimate of drug-likeness (QED) is 0.515. The summed E-state index contributed by atoms with van der Waals surface area (Å²) in [5.41, 5.74) is 2.33. The summed E-state index contributed by atoms with van der Waals surface area (Å²) in [7, 11) is 0. The lowest BCUT2D eigenvalue weighted by molar-refractivity contribution is -0.143. The third-order valence-electron chi connectivity index (χ3n) is 4.24. The highest BCUT2D eigenvalue weighted by molar-refractivity contribution is 5.98. The van der Waals surface area contributed by atoms with E-state index >= 15 is 0 Å². The predicted molar refractivity (Wildman–Crippen MR) is 91.4 cm³/mol. The molecule has 2 aromatic carbocycles. The van der Waals surface area contributed by atoms with Gasteiger partial charge in [0.15, 0.2) is 18.0 Å². The van der Waals surface area contributed by atoms with Crippen LogP contribution in [-0.2, 0) is 22.5 Å². The lowest BCUT2D eigenvalue weighted by atomic mass is 10.1. The van der Waals surface area contributed by atoms with Gasteiger partial charge in [-0.05, 0) is 35.9 Å². The first-order chi connectivity index (χ1) is 12.6. The molecule has 1 aliphatic rings. The molecule has 132 valence electrons. The van der Waals surface area contributed by atoms with Crippen molar-refractivity contribution in [1.29, 1.82) is 0 Å². The minimum atomic E-state index is -0.684. The zero-order valence-corrected chi connectivity index (χ0v) is 13.8. The molecule has 2 heterocycles. The van der Waals surface area contributed by atoms with Gasteiger partial charge in [-0.15, -0.1) is 0 Å². The van der Waals surface area contributed by atoms with E-state index in [1.165, 1.54) is 4.57 Å². The van der Waals surface area contributed by atoms with Crippen LogP contribution < -0.4 is 10.5 Å². The maximum Gasteiger partial charge on any atom is 0.420 e. The first kappa shape index (κ1) is 16.1. The Morgan fingerprint density at radius 2 is 2.00 bits per heavy atom. The number of hydrogen-bond acceptors (Lipinski definition) is 6. The van der Waals surface area contributed by atoms with Crippen LogP contribution in [0.25, 0.3) is 11.1 Å². The number of oxazole rings is 1. The number of carbonyl (C=O) groups excluding carboxylic acids is 2. The molecule has 26 heavy (non-hydrogen) atoms. The summed E-state index contributed by atoms with van der Waals surface area (Å²) >= 11 is 0. The van der Waals surface area contributed by atoms with Crippen LogP contribution in [0.4, 0.5) is 0 Å². The Morgan fingerprint density at radius 3 is 2.88 bits per heavy atom. The largest absolute Gasteiger partial charge is 0.493 e. The monoisotopic (exact) mass is 353 g/mol. The topological polar surface area (TPSA) is 87.7 Å². The maximum absolute atomic E-state index is 12.2. The van der Waals surface area contributed by atoms with E-state index in [0.29, 0.717) is 23.3 Å². The zero-order valence-electron chi connectivity index (χ0n) is 13.8. The van der Waals surface area contributed by atoms with Crippen molar-refractivity contribution in [3.05, 3.63) is 64.1 Å². The molecule has 7 nitrogen and oxygen atoms in total. The number of Topliss-reactive ketones (excluding diaryl/α,β-unsaturated/α-hetero) is 1. The lowest BCUT2D eigenvalue weighted by Gasteiger charge is -2.06. The Bertz CT molecular complexity index is 1060. The van der Waals surface area contributed by atoms with Crippen LogP contribution in [0.15, 0.2) is 51.7 Å². The van der Waals surface area contributed by atoms with Gasteiger partial charge in [0.2, 0.25) is 0 Å². The number of rotatable bonds is 5. The number of para-hydroxylation sites is 2. The summed E-state index contributed by atoms with van der Waals surface area (Å²) in [6.07, 6.45) is 0.757. The molecule has 1 aliphatic heterocycles. The number of ether oxygens (including phenoxy) is 2. The molecule has 4 rings (SSSR count). The molecule has 1 aromatic heterocycles. The average Bonchev–Trinajstić information content (AvgIpc) is 3.23. The van der Waals surface area contributed by atoms with Crippen LogP contribution in [-0.4, -0.2) is 29.5 Å². The molecule has 0 fully saturated rings. The number of benzene rings is 2. The SMILES string of the molecule is O=C(Cn1c(=O)oc2ccccc21)OCC(=O)c1ccc2c(c1)CCO2. The van der Waals surface area contributed by atoms with E-state index in [9.17, 15) is 14.4 Å². The molecule has 7 heteroatoms. The number of esters is 1. The summed E-state index contributed by atoms with van der Waals surface area (Å²) in [5.74, 6) is -0.855. The molecule has 0 saturated carbocycles. The Balaban J connectivity index is 1.41. The first-order valence-corrected chi connectivity index (χ1v) is 8.15. The molecule has 0 aliphatic carbocycles. The van der Waals surface area contributed by atoms with E-state index in [0.717, 1.165) is 17.7 Å². The first-order valence-electron chi connectivity index (χ1n) is 8.15. The molecule has 0 saturated heterocycles. The van der Waals surface area contributed by atoms with Crippen molar-refractivity contribution < 1.29 is 23.5 Å². The molecular formula is C19H15NO6. The predicted octanol–water partition coefficient (Wildman–Crippen LogP) is 1.96. The van der Waals surface area contributed by atoms with Gasteiger partial charge in [0.1, 0.15) is 12.3 Å². The van der Waals surface area contributed by atoms with E-state index < -0.39 is 11.7 Å². The van der Waals surface area contributed by atoms with Crippen LogP contribution in [0.2, 0.25) is 0 Å². The molecular weight excluding hydrogens is 338 g/mol. The van der Waals surface area contributed by atoms with Crippen molar-refractivity contribution in [2.75, 3.05) is 13.2 Å². The van der Waals surface area contributed by atoms with Crippen LogP contribution >= 0.6 is 0 Å². The summed E-state index contributed by atoms with van der Waals surface area (Å²) in [4.78, 5) is 36.1. The summed E-state index contributed by atoms with van der Waals surface area (Å²) < 4.78 is 16.7. The molecule has 3 aromatic rings. The maximum atomic E-state index is 12.2. The van der Waals surface area contributed by atoms with Crippen molar-refractivity contribution in [1.82, 2.24) is 4.57 Å². The Kier molecular flexibility index (Phi) is 4.04. The van der Waals surface area contributed by atoms with Gasteiger partial charge in [0.25, 0.3) is 0 Å². The van der Waals surface area contributed by atoms with Crippen LogP contribution in [0, 0.1) is 0 Å². The van der Waals surface area contributed by atoms with Gasteiger partial charge in [-0.3, -0.25) is 14.2 Å². The number of carbonyl (C=O) groups is 2. The van der Waals surface area contributed by atoms with Gasteiger partial charge < -0.3 is 13.9 Å². The highest BCUT2D eigenvalue weighted by atomic mass is 16.5. The summed E-state index contributed by atoms with van der Waals surface area (Å²) in [6.45, 7) is -0.0977. The van der Waals surface area contributed by atoms with Crippen molar-refractivity contribution >= 4 is 22.9 Å². The Morgan fingerprint density at radius 1 is 1.15 bits per heavy atom. The van der Waals surface area contributed by atoms with E-state index in [2.05, 4.69) is 0 Å². The minimum Gasteiger partial charge on any atom is -0.493 e. The number of nitrogens with zero attached hydrogens (tertiary/aromatic N) is 1. The molecule has 0 amide bonds. The lowest BCUT2D eigenvalue weighted by Crippen LogP contribution is -2.23. The van der Waals surface area contributed by atoms with Gasteiger partial charge in [0.05, 0.1) is 12.1 Å². The van der Waals surface area contributed by atoms with Crippen LogP contribution in [0.5, 0.6) is 5.75 Å². The fourth-order valence-electron chi connectivity index (χ4n) is 2.93. The number of ketones is 1. The smallest absolute Gasteiger partial charge is 0.420 e. The fraction of sp³-hybridized carbons (Fsp3) is 0.211. The van der Waals surface area contributed by atoms with Crippen molar-refractivity contribution in [2.24, 2.45) is 0 Å². The highest BCUT2D eigenvalue weighted by Gasteiger charge is 2.17. The average molecular weight is 353 g/mol. The highest BCUT2D eigenvalue weighted by Crippen LogP contribution is 2.26.